The minimum Gasteiger partial charge on any atom is -0.494 e. The summed E-state index contributed by atoms with van der Waals surface area (Å²) in [7, 11) is 0. The molecule has 2 bridgehead atoms. The van der Waals surface area contributed by atoms with E-state index < -0.39 is 29.9 Å². The van der Waals surface area contributed by atoms with E-state index >= 15 is 0 Å². The Kier molecular flexibility index (Phi) is 12.4. The monoisotopic (exact) mass is 597 g/mol. The molecule has 0 radical (unpaired) electrons. The third kappa shape index (κ3) is 9.81. The molecule has 0 aromatic heterocycles. The number of allylic oxidation sites excluding steroid dienone is 2. The van der Waals surface area contributed by atoms with Crippen molar-refractivity contribution in [1.29, 1.82) is 0 Å². The fourth-order valence-corrected chi connectivity index (χ4v) is 6.20. The molecule has 1 saturated carbocycles. The van der Waals surface area contributed by atoms with Crippen molar-refractivity contribution in [1.82, 2.24) is 15.5 Å². The van der Waals surface area contributed by atoms with Crippen LogP contribution in [0.5, 0.6) is 5.75 Å². The van der Waals surface area contributed by atoms with Gasteiger partial charge in [0, 0.05) is 30.9 Å². The second-order valence-electron chi connectivity index (χ2n) is 12.1. The van der Waals surface area contributed by atoms with Crippen LogP contribution in [0.15, 0.2) is 42.5 Å². The maximum Gasteiger partial charge on any atom is 0.326 e. The Bertz CT molecular complexity index is 1110. The van der Waals surface area contributed by atoms with Gasteiger partial charge in [-0.15, -0.1) is 0 Å². The minimum absolute atomic E-state index is 0.198. The standard InChI is InChI=1S/C33H47N3O7/c37-29-17-13-8-6-4-2-1-3-5-7-9-14-19-42-24-33-21-27(32(40)41)36(28(33)22-33)30(38)23-34-31(39)26(35-29)18-20-43-25-15-11-10-12-16-25/h5,7,10-12,15-16,26-28H,1-4,6,8-9,13-14,17-24H2,(H,34,39)(H,35,37)(H,40,41)/t26-,27-,28-,33+/m0/s1. The highest BCUT2D eigenvalue weighted by molar-refractivity contribution is 5.92. The van der Waals surface area contributed by atoms with Crippen LogP contribution in [-0.2, 0) is 23.9 Å². The number of carboxylic acids is 1. The number of hydrogen-bond acceptors (Lipinski definition) is 6. The summed E-state index contributed by atoms with van der Waals surface area (Å²) in [4.78, 5) is 52.7. The van der Waals surface area contributed by atoms with Crippen LogP contribution in [0.2, 0.25) is 0 Å². The van der Waals surface area contributed by atoms with Crippen LogP contribution in [0.4, 0.5) is 0 Å². The van der Waals surface area contributed by atoms with Crippen molar-refractivity contribution < 1.29 is 33.8 Å². The maximum absolute atomic E-state index is 13.3. The normalized spacial score (nSPS) is 28.5. The first kappa shape index (κ1) is 32.5. The van der Waals surface area contributed by atoms with Gasteiger partial charge in [0.1, 0.15) is 17.8 Å². The molecular formula is C33H47N3O7. The van der Waals surface area contributed by atoms with Crippen LogP contribution >= 0.6 is 0 Å². The van der Waals surface area contributed by atoms with Crippen LogP contribution < -0.4 is 15.4 Å². The fraction of sp³-hybridized carbons (Fsp3) is 0.636. The number of amides is 3. The second kappa shape index (κ2) is 16.4. The number of carbonyl (C=O) groups excluding carboxylic acids is 3. The molecule has 10 nitrogen and oxygen atoms in total. The number of carboxylic acid groups (broad SMARTS) is 1. The summed E-state index contributed by atoms with van der Waals surface area (Å²) < 4.78 is 11.7. The van der Waals surface area contributed by atoms with Gasteiger partial charge in [-0.1, -0.05) is 56.0 Å². The zero-order valence-corrected chi connectivity index (χ0v) is 25.1. The largest absolute Gasteiger partial charge is 0.494 e. The molecule has 236 valence electrons. The van der Waals surface area contributed by atoms with Gasteiger partial charge >= 0.3 is 5.97 Å². The van der Waals surface area contributed by atoms with Crippen molar-refractivity contribution in [2.45, 2.75) is 102 Å². The number of hydrogen-bond donors (Lipinski definition) is 3. The molecule has 3 aliphatic rings. The minimum atomic E-state index is -1.05. The molecule has 1 aromatic carbocycles. The van der Waals surface area contributed by atoms with Crippen LogP contribution in [0.3, 0.4) is 0 Å². The van der Waals surface area contributed by atoms with E-state index in [1.54, 1.807) is 0 Å². The highest BCUT2D eigenvalue weighted by Gasteiger charge is 2.67. The number of aliphatic carboxylic acids is 1. The molecule has 3 amide bonds. The van der Waals surface area contributed by atoms with Crippen molar-refractivity contribution in [2.24, 2.45) is 5.41 Å². The van der Waals surface area contributed by atoms with Crippen LogP contribution in [-0.4, -0.2) is 78.2 Å². The lowest BCUT2D eigenvalue weighted by Crippen LogP contribution is -2.52. The Hall–Kier alpha value is -3.40. The number of carbonyl (C=O) groups is 4. The zero-order chi connectivity index (χ0) is 30.5. The summed E-state index contributed by atoms with van der Waals surface area (Å²) in [6.07, 6.45) is 15.2. The quantitative estimate of drug-likeness (QED) is 0.437. The molecule has 1 aromatic rings. The molecule has 2 fully saturated rings. The summed E-state index contributed by atoms with van der Waals surface area (Å²) >= 11 is 0. The molecular weight excluding hydrogens is 550 g/mol. The number of rotatable bonds is 5. The number of benzene rings is 1. The molecule has 43 heavy (non-hydrogen) atoms. The number of ether oxygens (including phenoxy) is 2. The molecule has 4 atom stereocenters. The Balaban J connectivity index is 1.38. The van der Waals surface area contributed by atoms with Gasteiger partial charge in [0.25, 0.3) is 0 Å². The Morgan fingerprint density at radius 2 is 1.70 bits per heavy atom. The lowest BCUT2D eigenvalue weighted by atomic mass is 10.0. The summed E-state index contributed by atoms with van der Waals surface area (Å²) in [5.74, 6) is -1.53. The molecule has 0 spiro atoms. The molecule has 1 aliphatic carbocycles. The molecule has 2 aliphatic heterocycles. The lowest BCUT2D eigenvalue weighted by Gasteiger charge is -2.25. The van der Waals surface area contributed by atoms with Gasteiger partial charge in [0.15, 0.2) is 0 Å². The van der Waals surface area contributed by atoms with Crippen molar-refractivity contribution >= 4 is 23.7 Å². The third-order valence-electron chi connectivity index (χ3n) is 8.72. The van der Waals surface area contributed by atoms with E-state index in [0.29, 0.717) is 38.2 Å². The SMILES string of the molecule is O=C1CCCCCCCCC=CCCCOC[C@@]23C[C@@H]2N(C(=O)CNC(=O)[C@H](CCOc2ccccc2)N1)[C@H](C(=O)O)C3. The summed E-state index contributed by atoms with van der Waals surface area (Å²) in [5, 5.41) is 15.3. The van der Waals surface area contributed by atoms with Gasteiger partial charge in [-0.2, -0.15) is 0 Å². The van der Waals surface area contributed by atoms with Gasteiger partial charge < -0.3 is 30.1 Å². The molecule has 2 heterocycles. The smallest absolute Gasteiger partial charge is 0.326 e. The average Bonchev–Trinajstić information content (AvgIpc) is 3.59. The summed E-state index contributed by atoms with van der Waals surface area (Å²) in [6.45, 7) is 0.885. The van der Waals surface area contributed by atoms with Crippen molar-refractivity contribution in [3.8, 4) is 5.75 Å². The van der Waals surface area contributed by atoms with Crippen molar-refractivity contribution in [3.05, 3.63) is 42.5 Å². The number of nitrogens with one attached hydrogen (secondary N) is 2. The van der Waals surface area contributed by atoms with Gasteiger partial charge in [0.05, 0.1) is 19.8 Å². The zero-order valence-electron chi connectivity index (χ0n) is 25.1. The van der Waals surface area contributed by atoms with Gasteiger partial charge in [0.2, 0.25) is 17.7 Å². The van der Waals surface area contributed by atoms with Crippen LogP contribution in [0, 0.1) is 5.41 Å². The van der Waals surface area contributed by atoms with Crippen molar-refractivity contribution in [3.63, 3.8) is 0 Å². The van der Waals surface area contributed by atoms with Gasteiger partial charge in [-0.25, -0.2) is 4.79 Å². The van der Waals surface area contributed by atoms with E-state index in [4.69, 9.17) is 9.47 Å². The number of nitrogens with zero attached hydrogens (tertiary/aromatic N) is 1. The average molecular weight is 598 g/mol. The van der Waals surface area contributed by atoms with E-state index in [1.165, 1.54) is 11.3 Å². The highest BCUT2D eigenvalue weighted by Crippen LogP contribution is 2.59. The fourth-order valence-electron chi connectivity index (χ4n) is 6.20. The highest BCUT2D eigenvalue weighted by atomic mass is 16.5. The molecule has 1 saturated heterocycles. The predicted molar refractivity (Wildman–Crippen MR) is 161 cm³/mol. The van der Waals surface area contributed by atoms with Crippen molar-refractivity contribution in [2.75, 3.05) is 26.4 Å². The van der Waals surface area contributed by atoms with E-state index in [2.05, 4.69) is 22.8 Å². The third-order valence-corrected chi connectivity index (χ3v) is 8.72. The predicted octanol–water partition coefficient (Wildman–Crippen LogP) is 3.99. The van der Waals surface area contributed by atoms with E-state index in [0.717, 1.165) is 51.4 Å². The van der Waals surface area contributed by atoms with Gasteiger partial charge in [-0.3, -0.25) is 14.4 Å². The van der Waals surface area contributed by atoms with Crippen LogP contribution in [0.1, 0.15) is 83.5 Å². The lowest BCUT2D eigenvalue weighted by molar-refractivity contribution is -0.149. The molecule has 10 heteroatoms. The van der Waals surface area contributed by atoms with E-state index in [-0.39, 0.29) is 36.9 Å². The first-order valence-electron chi connectivity index (χ1n) is 15.9. The summed E-state index contributed by atoms with van der Waals surface area (Å²) in [5.41, 5.74) is -0.337. The van der Waals surface area contributed by atoms with E-state index in [9.17, 15) is 24.3 Å². The van der Waals surface area contributed by atoms with Crippen LogP contribution in [0.25, 0.3) is 0 Å². The molecule has 0 unspecified atom stereocenters. The Morgan fingerprint density at radius 1 is 0.977 bits per heavy atom. The van der Waals surface area contributed by atoms with E-state index in [1.807, 2.05) is 30.3 Å². The molecule has 4 rings (SSSR count). The first-order chi connectivity index (χ1) is 20.9. The molecule has 3 N–H and O–H groups in total. The number of para-hydroxylation sites is 1. The van der Waals surface area contributed by atoms with Gasteiger partial charge in [-0.05, 0) is 57.1 Å². The maximum atomic E-state index is 13.3. The Morgan fingerprint density at radius 3 is 2.47 bits per heavy atom. The topological polar surface area (TPSA) is 134 Å². The second-order valence-corrected chi connectivity index (χ2v) is 12.1. The summed E-state index contributed by atoms with van der Waals surface area (Å²) in [6, 6.07) is 7.18. The first-order valence-corrected chi connectivity index (χ1v) is 15.9. The Labute approximate surface area is 254 Å². The number of piperidine rings is 1.